The van der Waals surface area contributed by atoms with Crippen LogP contribution in [0.1, 0.15) is 12.1 Å². The molecule has 0 aliphatic rings. The zero-order chi connectivity index (χ0) is 11.6. The maximum absolute atomic E-state index is 5.33. The Morgan fingerprint density at radius 2 is 2.56 bits per heavy atom. The van der Waals surface area contributed by atoms with Crippen LogP contribution in [0.5, 0.6) is 0 Å². The van der Waals surface area contributed by atoms with Crippen LogP contribution in [0.25, 0.3) is 0 Å². The molecule has 0 saturated carbocycles. The molecule has 16 heavy (non-hydrogen) atoms. The smallest absolute Gasteiger partial charge is 0.206 e. The van der Waals surface area contributed by atoms with Crippen LogP contribution in [0, 0.1) is 0 Å². The lowest BCUT2D eigenvalue weighted by Gasteiger charge is -2.08. The van der Waals surface area contributed by atoms with Crippen molar-refractivity contribution in [3.8, 4) is 0 Å². The van der Waals surface area contributed by atoms with Crippen LogP contribution in [0.3, 0.4) is 0 Å². The van der Waals surface area contributed by atoms with Crippen molar-refractivity contribution in [2.24, 2.45) is 10.8 Å². The van der Waals surface area contributed by atoms with E-state index in [0.717, 1.165) is 25.3 Å². The van der Waals surface area contributed by atoms with E-state index in [-0.39, 0.29) is 0 Å². The predicted octanol–water partition coefficient (Wildman–Crippen LogP) is 0.0885. The number of hydrazine groups is 1. The Balaban J connectivity index is 2.27. The first-order valence-electron chi connectivity index (χ1n) is 4.97. The molecule has 0 radical (unpaired) electrons. The van der Waals surface area contributed by atoms with E-state index in [1.807, 2.05) is 5.38 Å². The third-order valence-corrected chi connectivity index (χ3v) is 2.47. The van der Waals surface area contributed by atoms with Crippen molar-refractivity contribution in [1.29, 1.82) is 0 Å². The van der Waals surface area contributed by atoms with Gasteiger partial charge in [0.25, 0.3) is 0 Å². The molecule has 0 amide bonds. The molecular weight excluding hydrogens is 226 g/mol. The van der Waals surface area contributed by atoms with E-state index in [1.54, 1.807) is 24.0 Å². The van der Waals surface area contributed by atoms with Crippen molar-refractivity contribution in [2.75, 3.05) is 20.3 Å². The molecular formula is C9H17N5OS. The van der Waals surface area contributed by atoms with Crippen LogP contribution < -0.4 is 16.6 Å². The van der Waals surface area contributed by atoms with Gasteiger partial charge in [-0.3, -0.25) is 5.43 Å². The number of nitrogens with one attached hydrogen (secondary N) is 2. The van der Waals surface area contributed by atoms with Crippen LogP contribution in [-0.4, -0.2) is 31.2 Å². The number of hydrogen-bond acceptors (Lipinski definition) is 5. The Labute approximate surface area is 98.9 Å². The number of guanidine groups is 1. The highest BCUT2D eigenvalue weighted by molar-refractivity contribution is 7.07. The maximum Gasteiger partial charge on any atom is 0.206 e. The molecule has 0 atom stereocenters. The summed E-state index contributed by atoms with van der Waals surface area (Å²) in [6, 6.07) is 0. The minimum absolute atomic E-state index is 0.528. The third-order valence-electron chi connectivity index (χ3n) is 1.84. The van der Waals surface area contributed by atoms with Crippen molar-refractivity contribution in [3.63, 3.8) is 0 Å². The van der Waals surface area contributed by atoms with Crippen LogP contribution in [0.4, 0.5) is 0 Å². The van der Waals surface area contributed by atoms with Gasteiger partial charge in [0, 0.05) is 25.6 Å². The van der Waals surface area contributed by atoms with Gasteiger partial charge in [-0.25, -0.2) is 15.8 Å². The molecule has 0 unspecified atom stereocenters. The predicted molar refractivity (Wildman–Crippen MR) is 65.1 cm³/mol. The first-order chi connectivity index (χ1) is 7.86. The van der Waals surface area contributed by atoms with Gasteiger partial charge >= 0.3 is 0 Å². The number of rotatable bonds is 6. The molecule has 1 aromatic rings. The maximum atomic E-state index is 5.33. The monoisotopic (exact) mass is 243 g/mol. The normalized spacial score (nSPS) is 11.5. The van der Waals surface area contributed by atoms with E-state index in [2.05, 4.69) is 20.7 Å². The first kappa shape index (κ1) is 12.9. The summed E-state index contributed by atoms with van der Waals surface area (Å²) >= 11 is 1.55. The van der Waals surface area contributed by atoms with E-state index in [1.165, 1.54) is 0 Å². The second-order valence-corrected chi connectivity index (χ2v) is 3.78. The highest BCUT2D eigenvalue weighted by Crippen LogP contribution is 2.01. The molecule has 1 rings (SSSR count). The summed E-state index contributed by atoms with van der Waals surface area (Å²) in [5.41, 5.74) is 5.24. The molecule has 0 saturated heterocycles. The first-order valence-corrected chi connectivity index (χ1v) is 5.92. The van der Waals surface area contributed by atoms with Gasteiger partial charge in [-0.2, -0.15) is 0 Å². The lowest BCUT2D eigenvalue weighted by molar-refractivity contribution is 0.195. The van der Waals surface area contributed by atoms with E-state index in [0.29, 0.717) is 12.5 Å². The molecule has 7 heteroatoms. The number of hydrogen-bond donors (Lipinski definition) is 3. The fraction of sp³-hybridized carbons (Fsp3) is 0.556. The quantitative estimate of drug-likeness (QED) is 0.217. The van der Waals surface area contributed by atoms with Crippen molar-refractivity contribution in [3.05, 3.63) is 16.6 Å². The van der Waals surface area contributed by atoms with E-state index in [9.17, 15) is 0 Å². The number of nitrogens with zero attached hydrogens (tertiary/aromatic N) is 2. The minimum atomic E-state index is 0.528. The SMILES string of the molecule is COCCCNC(=NCc1cscn1)NN. The lowest BCUT2D eigenvalue weighted by Crippen LogP contribution is -2.42. The molecule has 90 valence electrons. The summed E-state index contributed by atoms with van der Waals surface area (Å²) in [6.07, 6.45) is 0.911. The van der Waals surface area contributed by atoms with Crippen LogP contribution >= 0.6 is 11.3 Å². The zero-order valence-corrected chi connectivity index (χ0v) is 10.1. The van der Waals surface area contributed by atoms with Gasteiger partial charge in [0.1, 0.15) is 0 Å². The largest absolute Gasteiger partial charge is 0.385 e. The number of thiazole rings is 1. The van der Waals surface area contributed by atoms with Crippen molar-refractivity contribution >= 4 is 17.3 Å². The molecule has 0 bridgehead atoms. The minimum Gasteiger partial charge on any atom is -0.385 e. The van der Waals surface area contributed by atoms with Gasteiger partial charge in [-0.15, -0.1) is 11.3 Å². The molecule has 0 fully saturated rings. The second kappa shape index (κ2) is 8.03. The molecule has 6 nitrogen and oxygen atoms in total. The summed E-state index contributed by atoms with van der Waals surface area (Å²) in [6.45, 7) is 2.02. The number of methoxy groups -OCH3 is 1. The fourth-order valence-electron chi connectivity index (χ4n) is 1.05. The molecule has 0 aromatic carbocycles. The topological polar surface area (TPSA) is 84.6 Å². The average Bonchev–Trinajstić information content (AvgIpc) is 2.81. The Bertz CT molecular complexity index is 301. The van der Waals surface area contributed by atoms with Crippen LogP contribution in [0.15, 0.2) is 15.9 Å². The molecule has 0 spiro atoms. The van der Waals surface area contributed by atoms with Gasteiger partial charge in [0.2, 0.25) is 5.96 Å². The van der Waals surface area contributed by atoms with Gasteiger partial charge in [-0.05, 0) is 6.42 Å². The van der Waals surface area contributed by atoms with E-state index < -0.39 is 0 Å². The summed E-state index contributed by atoms with van der Waals surface area (Å²) in [7, 11) is 1.68. The lowest BCUT2D eigenvalue weighted by atomic mass is 10.4. The van der Waals surface area contributed by atoms with Gasteiger partial charge in [0.15, 0.2) is 0 Å². The van der Waals surface area contributed by atoms with Gasteiger partial charge in [-0.1, -0.05) is 0 Å². The van der Waals surface area contributed by atoms with Crippen molar-refractivity contribution in [1.82, 2.24) is 15.7 Å². The Kier molecular flexibility index (Phi) is 6.47. The van der Waals surface area contributed by atoms with Crippen LogP contribution in [-0.2, 0) is 11.3 Å². The average molecular weight is 243 g/mol. The molecule has 4 N–H and O–H groups in total. The Morgan fingerprint density at radius 1 is 1.69 bits per heavy atom. The van der Waals surface area contributed by atoms with E-state index in [4.69, 9.17) is 10.6 Å². The highest BCUT2D eigenvalue weighted by atomic mass is 32.1. The number of ether oxygens (including phenoxy) is 1. The fourth-order valence-corrected chi connectivity index (χ4v) is 1.60. The third kappa shape index (κ3) is 5.06. The number of aliphatic imine (C=N–C) groups is 1. The molecule has 0 aliphatic carbocycles. The highest BCUT2D eigenvalue weighted by Gasteiger charge is 1.96. The van der Waals surface area contributed by atoms with Crippen LogP contribution in [0.2, 0.25) is 0 Å². The standard InChI is InChI=1S/C9H17N5OS/c1-15-4-2-3-11-9(14-10)12-5-8-6-16-7-13-8/h6-7H,2-5,10H2,1H3,(H2,11,12,14). The summed E-state index contributed by atoms with van der Waals surface area (Å²) in [5.74, 6) is 5.91. The van der Waals surface area contributed by atoms with E-state index >= 15 is 0 Å². The molecule has 0 aliphatic heterocycles. The van der Waals surface area contributed by atoms with Gasteiger partial charge in [0.05, 0.1) is 17.7 Å². The number of nitrogens with two attached hydrogens (primary N) is 1. The van der Waals surface area contributed by atoms with Crippen molar-refractivity contribution < 1.29 is 4.74 Å². The van der Waals surface area contributed by atoms with Gasteiger partial charge < -0.3 is 10.1 Å². The summed E-state index contributed by atoms with van der Waals surface area (Å²) in [4.78, 5) is 8.38. The summed E-state index contributed by atoms with van der Waals surface area (Å²) < 4.78 is 4.94. The van der Waals surface area contributed by atoms with Crippen molar-refractivity contribution in [2.45, 2.75) is 13.0 Å². The number of aromatic nitrogens is 1. The zero-order valence-electron chi connectivity index (χ0n) is 9.27. The Morgan fingerprint density at radius 3 is 3.19 bits per heavy atom. The summed E-state index contributed by atoms with van der Waals surface area (Å²) in [5, 5.41) is 5.04. The Hall–Kier alpha value is -1.18. The second-order valence-electron chi connectivity index (χ2n) is 3.06. The molecule has 1 aromatic heterocycles. The molecule has 1 heterocycles.